The molecule has 3 rings (SSSR count). The van der Waals surface area contributed by atoms with Crippen molar-refractivity contribution < 1.29 is 18.0 Å². The first-order valence-electron chi connectivity index (χ1n) is 6.41. The SMILES string of the molecule is O=C1C[C@H](c2cc(F)c(F)c(F)c2)CN1Cn1ncnc1Cl. The topological polar surface area (TPSA) is 51.0 Å². The summed E-state index contributed by atoms with van der Waals surface area (Å²) in [6.07, 6.45) is 1.34. The molecule has 0 saturated carbocycles. The molecule has 5 nitrogen and oxygen atoms in total. The molecular weight excluding hydrogens is 321 g/mol. The zero-order valence-corrected chi connectivity index (χ0v) is 11.9. The molecule has 0 aliphatic carbocycles. The number of halogens is 4. The number of carbonyl (C=O) groups excluding carboxylic acids is 1. The first-order chi connectivity index (χ1) is 10.5. The minimum Gasteiger partial charge on any atom is -0.322 e. The van der Waals surface area contributed by atoms with Gasteiger partial charge >= 0.3 is 0 Å². The molecule has 1 atom stereocenters. The van der Waals surface area contributed by atoms with Gasteiger partial charge < -0.3 is 4.90 Å². The summed E-state index contributed by atoms with van der Waals surface area (Å²) in [5.74, 6) is -4.67. The van der Waals surface area contributed by atoms with Crippen LogP contribution < -0.4 is 0 Å². The number of likely N-dealkylation sites (tertiary alicyclic amines) is 1. The molecule has 0 radical (unpaired) electrons. The van der Waals surface area contributed by atoms with Crippen LogP contribution in [0.3, 0.4) is 0 Å². The average Bonchev–Trinajstić information content (AvgIpc) is 3.03. The molecule has 116 valence electrons. The molecule has 2 aromatic rings. The second kappa shape index (κ2) is 5.60. The Labute approximate surface area is 128 Å². The second-order valence-electron chi connectivity index (χ2n) is 4.99. The smallest absolute Gasteiger partial charge is 0.224 e. The van der Waals surface area contributed by atoms with Crippen LogP contribution in [-0.2, 0) is 11.5 Å². The Morgan fingerprint density at radius 3 is 2.55 bits per heavy atom. The Morgan fingerprint density at radius 1 is 1.27 bits per heavy atom. The van der Waals surface area contributed by atoms with Gasteiger partial charge in [0.15, 0.2) is 17.5 Å². The summed E-state index contributed by atoms with van der Waals surface area (Å²) in [6.45, 7) is 0.333. The van der Waals surface area contributed by atoms with Crippen molar-refractivity contribution in [3.05, 3.63) is 46.8 Å². The van der Waals surface area contributed by atoms with E-state index in [1.54, 1.807) is 0 Å². The van der Waals surface area contributed by atoms with E-state index in [1.165, 1.54) is 15.9 Å². The molecule has 1 aromatic carbocycles. The Morgan fingerprint density at radius 2 is 1.95 bits per heavy atom. The van der Waals surface area contributed by atoms with Crippen LogP contribution in [0.25, 0.3) is 0 Å². The van der Waals surface area contributed by atoms with Gasteiger partial charge in [-0.2, -0.15) is 5.10 Å². The van der Waals surface area contributed by atoms with Crippen LogP contribution >= 0.6 is 11.6 Å². The van der Waals surface area contributed by atoms with E-state index in [0.717, 1.165) is 12.1 Å². The monoisotopic (exact) mass is 330 g/mol. The molecule has 2 heterocycles. The standard InChI is InChI=1S/C13H10ClF3N4O/c14-13-18-5-19-21(13)6-20-4-8(3-11(20)22)7-1-9(15)12(17)10(16)2-7/h1-2,5,8H,3-4,6H2/t8-/m0/s1. The maximum atomic E-state index is 13.3. The highest BCUT2D eigenvalue weighted by molar-refractivity contribution is 6.28. The van der Waals surface area contributed by atoms with Crippen molar-refractivity contribution in [1.82, 2.24) is 19.7 Å². The summed E-state index contributed by atoms with van der Waals surface area (Å²) in [7, 11) is 0. The van der Waals surface area contributed by atoms with Gasteiger partial charge in [-0.25, -0.2) is 22.8 Å². The third-order valence-corrected chi connectivity index (χ3v) is 3.86. The number of nitrogens with zero attached hydrogens (tertiary/aromatic N) is 4. The Balaban J connectivity index is 1.78. The number of carbonyl (C=O) groups is 1. The number of amides is 1. The van der Waals surface area contributed by atoms with Gasteiger partial charge in [-0.1, -0.05) is 0 Å². The van der Waals surface area contributed by atoms with Gasteiger partial charge in [0.05, 0.1) is 0 Å². The van der Waals surface area contributed by atoms with Crippen molar-refractivity contribution in [2.24, 2.45) is 0 Å². The van der Waals surface area contributed by atoms with Gasteiger partial charge in [0.2, 0.25) is 11.2 Å². The predicted octanol–water partition coefficient (Wildman–Crippen LogP) is 2.32. The van der Waals surface area contributed by atoms with E-state index in [0.29, 0.717) is 0 Å². The quantitative estimate of drug-likeness (QED) is 0.812. The molecule has 9 heteroatoms. The van der Waals surface area contributed by atoms with Gasteiger partial charge in [0, 0.05) is 18.9 Å². The van der Waals surface area contributed by atoms with Crippen LogP contribution in [-0.4, -0.2) is 32.1 Å². The summed E-state index contributed by atoms with van der Waals surface area (Å²) < 4.78 is 40.9. The molecule has 1 saturated heterocycles. The molecule has 1 fully saturated rings. The van der Waals surface area contributed by atoms with Crippen molar-refractivity contribution in [3.63, 3.8) is 0 Å². The van der Waals surface area contributed by atoms with Crippen molar-refractivity contribution in [2.45, 2.75) is 19.0 Å². The van der Waals surface area contributed by atoms with E-state index >= 15 is 0 Å². The van der Waals surface area contributed by atoms with E-state index in [1.807, 2.05) is 0 Å². The van der Waals surface area contributed by atoms with Crippen molar-refractivity contribution in [1.29, 1.82) is 0 Å². The number of rotatable bonds is 3. The fourth-order valence-electron chi connectivity index (χ4n) is 2.45. The van der Waals surface area contributed by atoms with E-state index in [-0.39, 0.29) is 36.4 Å². The van der Waals surface area contributed by atoms with E-state index in [9.17, 15) is 18.0 Å². The van der Waals surface area contributed by atoms with Gasteiger partial charge in [-0.3, -0.25) is 4.79 Å². The third kappa shape index (κ3) is 2.66. The number of benzene rings is 1. The summed E-state index contributed by atoms with van der Waals surface area (Å²) in [4.78, 5) is 17.2. The second-order valence-corrected chi connectivity index (χ2v) is 5.32. The third-order valence-electron chi connectivity index (χ3n) is 3.56. The highest BCUT2D eigenvalue weighted by Crippen LogP contribution is 2.30. The minimum atomic E-state index is -1.51. The number of hydrogen-bond acceptors (Lipinski definition) is 3. The van der Waals surface area contributed by atoms with Crippen LogP contribution in [0.15, 0.2) is 18.5 Å². The molecule has 0 bridgehead atoms. The van der Waals surface area contributed by atoms with Crippen molar-refractivity contribution in [3.8, 4) is 0 Å². The van der Waals surface area contributed by atoms with Gasteiger partial charge in [-0.05, 0) is 29.3 Å². The largest absolute Gasteiger partial charge is 0.322 e. The Hall–Kier alpha value is -2.09. The lowest BCUT2D eigenvalue weighted by Gasteiger charge is -2.17. The number of hydrogen-bond donors (Lipinski definition) is 0. The first-order valence-corrected chi connectivity index (χ1v) is 6.79. The van der Waals surface area contributed by atoms with Gasteiger partial charge in [-0.15, -0.1) is 0 Å². The average molecular weight is 331 g/mol. The highest BCUT2D eigenvalue weighted by Gasteiger charge is 2.32. The van der Waals surface area contributed by atoms with Crippen molar-refractivity contribution in [2.75, 3.05) is 6.54 Å². The fraction of sp³-hybridized carbons (Fsp3) is 0.308. The van der Waals surface area contributed by atoms with Gasteiger partial charge in [0.25, 0.3) is 0 Å². The van der Waals surface area contributed by atoms with E-state index < -0.39 is 23.4 Å². The summed E-state index contributed by atoms with van der Waals surface area (Å²) in [5, 5.41) is 4.00. The summed E-state index contributed by atoms with van der Waals surface area (Å²) in [6, 6.07) is 1.84. The van der Waals surface area contributed by atoms with Crippen LogP contribution in [0.5, 0.6) is 0 Å². The Kier molecular flexibility index (Phi) is 3.78. The highest BCUT2D eigenvalue weighted by atomic mass is 35.5. The molecule has 0 unspecified atom stereocenters. The molecule has 1 amide bonds. The molecule has 1 aliphatic rings. The summed E-state index contributed by atoms with van der Waals surface area (Å²) in [5.41, 5.74) is 0.247. The molecule has 1 aliphatic heterocycles. The maximum Gasteiger partial charge on any atom is 0.224 e. The zero-order valence-electron chi connectivity index (χ0n) is 11.1. The predicted molar refractivity (Wildman–Crippen MR) is 70.4 cm³/mol. The van der Waals surface area contributed by atoms with Crippen LogP contribution in [0, 0.1) is 17.5 Å². The van der Waals surface area contributed by atoms with Crippen LogP contribution in [0.2, 0.25) is 5.28 Å². The first kappa shape index (κ1) is 14.8. The molecule has 1 aromatic heterocycles. The fourth-order valence-corrected chi connectivity index (χ4v) is 2.59. The normalized spacial score (nSPS) is 18.3. The lowest BCUT2D eigenvalue weighted by molar-refractivity contribution is -0.129. The molecular formula is C13H10ClF3N4O. The summed E-state index contributed by atoms with van der Waals surface area (Å²) >= 11 is 5.79. The van der Waals surface area contributed by atoms with Crippen LogP contribution in [0.1, 0.15) is 17.9 Å². The molecule has 0 spiro atoms. The maximum absolute atomic E-state index is 13.3. The number of aromatic nitrogens is 3. The van der Waals surface area contributed by atoms with E-state index in [2.05, 4.69) is 10.1 Å². The van der Waals surface area contributed by atoms with Gasteiger partial charge in [0.1, 0.15) is 13.0 Å². The Bertz CT molecular complexity index is 713. The van der Waals surface area contributed by atoms with Crippen molar-refractivity contribution >= 4 is 17.5 Å². The lowest BCUT2D eigenvalue weighted by Crippen LogP contribution is -2.28. The molecule has 22 heavy (non-hydrogen) atoms. The zero-order chi connectivity index (χ0) is 15.9. The van der Waals surface area contributed by atoms with Crippen LogP contribution in [0.4, 0.5) is 13.2 Å². The van der Waals surface area contributed by atoms with E-state index in [4.69, 9.17) is 11.6 Å². The lowest BCUT2D eigenvalue weighted by atomic mass is 9.98. The molecule has 0 N–H and O–H groups in total. The minimum absolute atomic E-state index is 0.0802.